The molecular weight excluding hydrogens is 354 g/mol. The van der Waals surface area contributed by atoms with Crippen molar-refractivity contribution in [3.8, 4) is 0 Å². The van der Waals surface area contributed by atoms with Crippen LogP contribution in [0, 0.1) is 0 Å². The fraction of sp³-hybridized carbons (Fsp3) is 0.600. The first-order valence-corrected chi connectivity index (χ1v) is 6.72. The molecule has 1 aromatic heterocycles. The molecule has 0 atom stereocenters. The quantitative estimate of drug-likeness (QED) is 0.892. The Balaban J connectivity index is 2.33. The molecule has 0 bridgehead atoms. The minimum absolute atomic E-state index is 0.417. The fourth-order valence-corrected chi connectivity index (χ4v) is 2.29. The molecule has 17 heavy (non-hydrogen) atoms. The van der Waals surface area contributed by atoms with Gasteiger partial charge in [0.2, 0.25) is 0 Å². The van der Waals surface area contributed by atoms with Gasteiger partial charge in [-0.2, -0.15) is 5.10 Å². The van der Waals surface area contributed by atoms with Crippen LogP contribution in [0.15, 0.2) is 15.3 Å². The minimum atomic E-state index is -0.473. The first-order chi connectivity index (χ1) is 7.78. The van der Waals surface area contributed by atoms with E-state index in [2.05, 4.69) is 42.3 Å². The lowest BCUT2D eigenvalue weighted by Crippen LogP contribution is -2.34. The van der Waals surface area contributed by atoms with Crippen LogP contribution in [0.3, 0.4) is 0 Å². The lowest BCUT2D eigenvalue weighted by atomic mass is 10.2. The Labute approximate surface area is 117 Å². The molecule has 1 rings (SSSR count). The summed E-state index contributed by atoms with van der Waals surface area (Å²) in [4.78, 5) is 11.4. The summed E-state index contributed by atoms with van der Waals surface area (Å²) in [5.41, 5.74) is -0.473. The Morgan fingerprint density at radius 1 is 1.53 bits per heavy atom. The molecule has 0 aliphatic heterocycles. The van der Waals surface area contributed by atoms with E-state index in [4.69, 9.17) is 4.74 Å². The normalized spacial score (nSPS) is 11.4. The van der Waals surface area contributed by atoms with Gasteiger partial charge in [-0.05, 0) is 52.6 Å². The highest BCUT2D eigenvalue weighted by atomic mass is 79.9. The number of carbonyl (C=O) groups is 1. The number of nitrogens with zero attached hydrogens (tertiary/aromatic N) is 2. The molecule has 0 radical (unpaired) electrons. The number of halogens is 2. The van der Waals surface area contributed by atoms with E-state index in [1.807, 2.05) is 26.8 Å². The third-order valence-electron chi connectivity index (χ3n) is 1.69. The van der Waals surface area contributed by atoms with Gasteiger partial charge < -0.3 is 10.1 Å². The topological polar surface area (TPSA) is 56.1 Å². The lowest BCUT2D eigenvalue weighted by Gasteiger charge is -2.19. The van der Waals surface area contributed by atoms with Crippen LogP contribution >= 0.6 is 31.9 Å². The Hall–Kier alpha value is -0.560. The van der Waals surface area contributed by atoms with Crippen LogP contribution < -0.4 is 5.32 Å². The summed E-state index contributed by atoms with van der Waals surface area (Å²) in [7, 11) is 0. The zero-order valence-electron chi connectivity index (χ0n) is 9.96. The SMILES string of the molecule is CC(C)(C)OC(=O)NCCn1nc(Br)cc1Br. The Kier molecular flexibility index (Phi) is 5.00. The highest BCUT2D eigenvalue weighted by Gasteiger charge is 2.15. The summed E-state index contributed by atoms with van der Waals surface area (Å²) in [6.45, 7) is 6.52. The van der Waals surface area contributed by atoms with Gasteiger partial charge in [0, 0.05) is 12.6 Å². The first-order valence-electron chi connectivity index (χ1n) is 5.13. The van der Waals surface area contributed by atoms with Crippen molar-refractivity contribution in [3.63, 3.8) is 0 Å². The number of carbonyl (C=O) groups excluding carboxylic acids is 1. The zero-order chi connectivity index (χ0) is 13.1. The summed E-state index contributed by atoms with van der Waals surface area (Å²) in [5.74, 6) is 0. The number of rotatable bonds is 3. The third kappa shape index (κ3) is 5.54. The van der Waals surface area contributed by atoms with Crippen LogP contribution in [0.25, 0.3) is 0 Å². The van der Waals surface area contributed by atoms with E-state index in [0.717, 1.165) is 9.21 Å². The fourth-order valence-electron chi connectivity index (χ4n) is 1.10. The molecule has 0 fully saturated rings. The van der Waals surface area contributed by atoms with Crippen molar-refractivity contribution in [1.82, 2.24) is 15.1 Å². The highest BCUT2D eigenvalue weighted by Crippen LogP contribution is 2.15. The molecular formula is C10H15Br2N3O2. The molecule has 0 spiro atoms. The van der Waals surface area contributed by atoms with E-state index in [9.17, 15) is 4.79 Å². The maximum atomic E-state index is 11.4. The van der Waals surface area contributed by atoms with Crippen LogP contribution in [0.5, 0.6) is 0 Å². The summed E-state index contributed by atoms with van der Waals surface area (Å²) < 4.78 is 8.46. The van der Waals surface area contributed by atoms with Gasteiger partial charge in [0.05, 0.1) is 6.54 Å². The lowest BCUT2D eigenvalue weighted by molar-refractivity contribution is 0.0525. The van der Waals surface area contributed by atoms with Gasteiger partial charge in [0.1, 0.15) is 14.8 Å². The number of amides is 1. The average molecular weight is 369 g/mol. The number of aromatic nitrogens is 2. The van der Waals surface area contributed by atoms with Gasteiger partial charge in [-0.25, -0.2) is 4.79 Å². The standard InChI is InChI=1S/C10H15Br2N3O2/c1-10(2,3)17-9(16)13-4-5-15-8(12)6-7(11)14-15/h6H,4-5H2,1-3H3,(H,13,16). The monoisotopic (exact) mass is 367 g/mol. The van der Waals surface area contributed by atoms with E-state index in [-0.39, 0.29) is 0 Å². The molecule has 1 amide bonds. The van der Waals surface area contributed by atoms with Crippen LogP contribution in [0.2, 0.25) is 0 Å². The van der Waals surface area contributed by atoms with Gasteiger partial charge in [0.25, 0.3) is 0 Å². The van der Waals surface area contributed by atoms with Gasteiger partial charge in [-0.3, -0.25) is 4.68 Å². The number of hydrogen-bond donors (Lipinski definition) is 1. The molecule has 0 aliphatic rings. The van der Waals surface area contributed by atoms with E-state index in [1.165, 1.54) is 0 Å². The number of hydrogen-bond acceptors (Lipinski definition) is 3. The molecule has 0 saturated carbocycles. The van der Waals surface area contributed by atoms with Gasteiger partial charge >= 0.3 is 6.09 Å². The third-order valence-corrected chi connectivity index (χ3v) is 2.72. The van der Waals surface area contributed by atoms with Gasteiger partial charge in [0.15, 0.2) is 0 Å². The van der Waals surface area contributed by atoms with Crippen molar-refractivity contribution in [1.29, 1.82) is 0 Å². The smallest absolute Gasteiger partial charge is 0.407 e. The number of ether oxygens (including phenoxy) is 1. The van der Waals surface area contributed by atoms with E-state index in [0.29, 0.717) is 13.1 Å². The van der Waals surface area contributed by atoms with Gasteiger partial charge in [-0.15, -0.1) is 0 Å². The summed E-state index contributed by atoms with van der Waals surface area (Å²) in [6, 6.07) is 1.84. The van der Waals surface area contributed by atoms with Crippen LogP contribution in [-0.2, 0) is 11.3 Å². The van der Waals surface area contributed by atoms with Crippen molar-refractivity contribution in [2.45, 2.75) is 32.9 Å². The summed E-state index contributed by atoms with van der Waals surface area (Å²) >= 11 is 6.63. The predicted octanol–water partition coefficient (Wildman–Crippen LogP) is 2.93. The molecule has 0 saturated heterocycles. The number of alkyl carbamates (subject to hydrolysis) is 1. The maximum absolute atomic E-state index is 11.4. The second kappa shape index (κ2) is 5.86. The Morgan fingerprint density at radius 3 is 2.65 bits per heavy atom. The van der Waals surface area contributed by atoms with E-state index < -0.39 is 11.7 Å². The van der Waals surface area contributed by atoms with Crippen molar-refractivity contribution >= 4 is 38.0 Å². The molecule has 1 aromatic rings. The molecule has 0 unspecified atom stereocenters. The predicted molar refractivity (Wildman–Crippen MR) is 71.9 cm³/mol. The summed E-state index contributed by atoms with van der Waals surface area (Å²) in [5, 5.41) is 6.84. The van der Waals surface area contributed by atoms with Crippen LogP contribution in [0.1, 0.15) is 20.8 Å². The molecule has 1 N–H and O–H groups in total. The molecule has 1 heterocycles. The highest BCUT2D eigenvalue weighted by molar-refractivity contribution is 9.11. The minimum Gasteiger partial charge on any atom is -0.444 e. The second-order valence-electron chi connectivity index (χ2n) is 4.44. The molecule has 7 heteroatoms. The van der Waals surface area contributed by atoms with E-state index in [1.54, 1.807) is 4.68 Å². The molecule has 0 aromatic carbocycles. The van der Waals surface area contributed by atoms with E-state index >= 15 is 0 Å². The molecule has 0 aliphatic carbocycles. The van der Waals surface area contributed by atoms with Crippen molar-refractivity contribution in [2.24, 2.45) is 0 Å². The number of nitrogens with one attached hydrogen (secondary N) is 1. The van der Waals surface area contributed by atoms with Crippen molar-refractivity contribution in [2.75, 3.05) is 6.54 Å². The van der Waals surface area contributed by atoms with Crippen molar-refractivity contribution in [3.05, 3.63) is 15.3 Å². The first kappa shape index (κ1) is 14.5. The summed E-state index contributed by atoms with van der Waals surface area (Å²) in [6.07, 6.45) is -0.417. The van der Waals surface area contributed by atoms with Crippen molar-refractivity contribution < 1.29 is 9.53 Å². The Bertz CT molecular complexity index is 399. The largest absolute Gasteiger partial charge is 0.444 e. The average Bonchev–Trinajstić information content (AvgIpc) is 2.42. The van der Waals surface area contributed by atoms with Crippen LogP contribution in [0.4, 0.5) is 4.79 Å². The molecule has 96 valence electrons. The Morgan fingerprint density at radius 2 is 2.18 bits per heavy atom. The van der Waals surface area contributed by atoms with Crippen LogP contribution in [-0.4, -0.2) is 28.0 Å². The molecule has 5 nitrogen and oxygen atoms in total. The zero-order valence-corrected chi connectivity index (χ0v) is 13.1. The maximum Gasteiger partial charge on any atom is 0.407 e. The van der Waals surface area contributed by atoms with Gasteiger partial charge in [-0.1, -0.05) is 0 Å². The second-order valence-corrected chi connectivity index (χ2v) is 6.07.